The SMILES string of the molecule is C=C[C@]1(C)C[C@@H](OC(=O)CSC2CCCCCC2O)[C@]2(C)C(C)CC[C@]3(CCC(=O)[C@H]32)[C@@H](C)[C@@H]1O. The summed E-state index contributed by atoms with van der Waals surface area (Å²) in [5.74, 6) is 0.201. The first-order valence-electron chi connectivity index (χ1n) is 13.8. The van der Waals surface area contributed by atoms with E-state index in [9.17, 15) is 19.8 Å². The second-order valence-electron chi connectivity index (χ2n) is 12.6. The molecule has 0 spiro atoms. The van der Waals surface area contributed by atoms with E-state index in [4.69, 9.17) is 4.74 Å². The Bertz CT molecular complexity index is 830. The number of aliphatic hydroxyl groups excluding tert-OH is 2. The van der Waals surface area contributed by atoms with Crippen LogP contribution in [-0.4, -0.2) is 51.3 Å². The normalized spacial score (nSPS) is 48.3. The summed E-state index contributed by atoms with van der Waals surface area (Å²) in [5.41, 5.74) is -1.35. The molecule has 5 nitrogen and oxygen atoms in total. The second-order valence-corrected chi connectivity index (χ2v) is 13.8. The van der Waals surface area contributed by atoms with Crippen molar-refractivity contribution in [3.05, 3.63) is 12.7 Å². The Kier molecular flexibility index (Phi) is 7.87. The van der Waals surface area contributed by atoms with Crippen LogP contribution in [-0.2, 0) is 14.3 Å². The van der Waals surface area contributed by atoms with Crippen LogP contribution >= 0.6 is 11.8 Å². The number of hydrogen-bond donors (Lipinski definition) is 2. The standard InChI is InChI=1S/C29H46O5S/c1-6-27(4)16-23(34-24(32)17-35-22-11-9-7-8-10-20(22)30)28(5)18(2)12-14-29(19(3)26(27)33)15-13-21(31)25(28)29/h6,18-20,22-23,25-26,30,33H,1,7-17H2,2-5H3/t18?,19-,20?,22?,23+,25-,26-,27+,28-,29-/m0/s1. The van der Waals surface area contributed by atoms with Crippen molar-refractivity contribution in [3.8, 4) is 0 Å². The number of aliphatic hydroxyl groups is 2. The highest BCUT2D eigenvalue weighted by Crippen LogP contribution is 2.68. The molecule has 0 aromatic rings. The van der Waals surface area contributed by atoms with E-state index in [2.05, 4.69) is 27.4 Å². The van der Waals surface area contributed by atoms with Crippen LogP contribution in [0.25, 0.3) is 0 Å². The number of hydrogen-bond acceptors (Lipinski definition) is 6. The monoisotopic (exact) mass is 506 g/mol. The molecular weight excluding hydrogens is 460 g/mol. The quantitative estimate of drug-likeness (QED) is 0.298. The van der Waals surface area contributed by atoms with Crippen molar-refractivity contribution in [2.24, 2.45) is 34.0 Å². The molecule has 0 radical (unpaired) electrons. The minimum absolute atomic E-state index is 0.0299. The summed E-state index contributed by atoms with van der Waals surface area (Å²) in [7, 11) is 0. The minimum Gasteiger partial charge on any atom is -0.461 e. The highest BCUT2D eigenvalue weighted by atomic mass is 32.2. The van der Waals surface area contributed by atoms with Crippen LogP contribution in [0.2, 0.25) is 0 Å². The fraction of sp³-hybridized carbons (Fsp3) is 0.862. The van der Waals surface area contributed by atoms with Gasteiger partial charge in [-0.3, -0.25) is 9.59 Å². The van der Waals surface area contributed by atoms with E-state index in [1.807, 2.05) is 13.0 Å². The zero-order chi connectivity index (χ0) is 25.6. The summed E-state index contributed by atoms with van der Waals surface area (Å²) in [6.07, 6.45) is 9.05. The molecule has 4 fully saturated rings. The largest absolute Gasteiger partial charge is 0.461 e. The predicted octanol–water partition coefficient (Wildman–Crippen LogP) is 5.32. The van der Waals surface area contributed by atoms with Gasteiger partial charge in [-0.1, -0.05) is 53.0 Å². The Morgan fingerprint density at radius 3 is 2.57 bits per heavy atom. The number of carbonyl (C=O) groups is 2. The van der Waals surface area contributed by atoms with Crippen LogP contribution in [0, 0.1) is 34.0 Å². The third kappa shape index (κ3) is 4.54. The van der Waals surface area contributed by atoms with Gasteiger partial charge in [0, 0.05) is 28.4 Å². The first kappa shape index (κ1) is 27.2. The van der Waals surface area contributed by atoms with Crippen LogP contribution in [0.5, 0.6) is 0 Å². The number of rotatable bonds is 5. The van der Waals surface area contributed by atoms with Gasteiger partial charge in [0.05, 0.1) is 18.0 Å². The highest BCUT2D eigenvalue weighted by Gasteiger charge is 2.68. The predicted molar refractivity (Wildman–Crippen MR) is 140 cm³/mol. The van der Waals surface area contributed by atoms with Crippen molar-refractivity contribution in [2.75, 3.05) is 5.75 Å². The third-order valence-corrected chi connectivity index (χ3v) is 12.3. The summed E-state index contributed by atoms with van der Waals surface area (Å²) in [6.45, 7) is 12.6. The smallest absolute Gasteiger partial charge is 0.316 e. The van der Waals surface area contributed by atoms with E-state index >= 15 is 0 Å². The fourth-order valence-corrected chi connectivity index (χ4v) is 9.43. The molecular formula is C29H46O5S. The molecule has 4 saturated carbocycles. The zero-order valence-corrected chi connectivity index (χ0v) is 22.9. The molecule has 0 saturated heterocycles. The van der Waals surface area contributed by atoms with Gasteiger partial charge in [-0.25, -0.2) is 0 Å². The van der Waals surface area contributed by atoms with Gasteiger partial charge in [0.1, 0.15) is 11.9 Å². The van der Waals surface area contributed by atoms with Crippen molar-refractivity contribution in [3.63, 3.8) is 0 Å². The van der Waals surface area contributed by atoms with Crippen LogP contribution in [0.3, 0.4) is 0 Å². The molecule has 2 N–H and O–H groups in total. The molecule has 198 valence electrons. The number of ether oxygens (including phenoxy) is 1. The first-order valence-corrected chi connectivity index (χ1v) is 14.9. The summed E-state index contributed by atoms with van der Waals surface area (Å²) < 4.78 is 6.33. The van der Waals surface area contributed by atoms with Gasteiger partial charge in [0.15, 0.2) is 0 Å². The number of ketones is 1. The molecule has 35 heavy (non-hydrogen) atoms. The lowest BCUT2D eigenvalue weighted by atomic mass is 9.44. The van der Waals surface area contributed by atoms with Gasteiger partial charge in [-0.15, -0.1) is 18.3 Å². The molecule has 0 heterocycles. The van der Waals surface area contributed by atoms with Gasteiger partial charge in [-0.05, 0) is 55.8 Å². The van der Waals surface area contributed by atoms with E-state index in [-0.39, 0.29) is 52.0 Å². The maximum Gasteiger partial charge on any atom is 0.316 e. The molecule has 4 aliphatic carbocycles. The lowest BCUT2D eigenvalue weighted by molar-refractivity contribution is -0.205. The fourth-order valence-electron chi connectivity index (χ4n) is 8.32. The maximum absolute atomic E-state index is 13.5. The van der Waals surface area contributed by atoms with E-state index in [1.54, 1.807) is 0 Å². The van der Waals surface area contributed by atoms with Crippen molar-refractivity contribution in [2.45, 2.75) is 115 Å². The molecule has 0 aromatic carbocycles. The average molecular weight is 507 g/mol. The zero-order valence-electron chi connectivity index (χ0n) is 22.1. The molecule has 6 heteroatoms. The Hall–Kier alpha value is -0.850. The lowest BCUT2D eigenvalue weighted by Gasteiger charge is -2.61. The summed E-state index contributed by atoms with van der Waals surface area (Å²) in [4.78, 5) is 26.7. The summed E-state index contributed by atoms with van der Waals surface area (Å²) in [5, 5.41) is 22.2. The Morgan fingerprint density at radius 1 is 1.14 bits per heavy atom. The number of esters is 1. The molecule has 3 unspecified atom stereocenters. The number of thioether (sulfide) groups is 1. The second kappa shape index (κ2) is 10.1. The van der Waals surface area contributed by atoms with E-state index in [0.29, 0.717) is 12.8 Å². The van der Waals surface area contributed by atoms with E-state index in [1.165, 1.54) is 11.8 Å². The lowest BCUT2D eigenvalue weighted by Crippen LogP contribution is -2.63. The van der Waals surface area contributed by atoms with E-state index < -0.39 is 23.0 Å². The molecule has 4 aliphatic rings. The van der Waals surface area contributed by atoms with Gasteiger partial charge in [-0.2, -0.15) is 0 Å². The van der Waals surface area contributed by atoms with Crippen molar-refractivity contribution >= 4 is 23.5 Å². The average Bonchev–Trinajstić information content (AvgIpc) is 3.05. The number of Topliss-reactive ketones (excluding diaryl/α,β-unsaturated/α-hetero) is 1. The molecule has 2 bridgehead atoms. The van der Waals surface area contributed by atoms with Gasteiger partial charge >= 0.3 is 5.97 Å². The van der Waals surface area contributed by atoms with Crippen molar-refractivity contribution < 1.29 is 24.5 Å². The van der Waals surface area contributed by atoms with Gasteiger partial charge in [0.25, 0.3) is 0 Å². The van der Waals surface area contributed by atoms with Crippen LogP contribution < -0.4 is 0 Å². The van der Waals surface area contributed by atoms with E-state index in [0.717, 1.165) is 51.4 Å². The Morgan fingerprint density at radius 2 is 1.86 bits per heavy atom. The minimum atomic E-state index is -0.650. The summed E-state index contributed by atoms with van der Waals surface area (Å²) in [6, 6.07) is 0. The van der Waals surface area contributed by atoms with Crippen LogP contribution in [0.1, 0.15) is 91.9 Å². The van der Waals surface area contributed by atoms with Crippen LogP contribution in [0.15, 0.2) is 12.7 Å². The highest BCUT2D eigenvalue weighted by molar-refractivity contribution is 8.00. The topological polar surface area (TPSA) is 83.8 Å². The number of carbonyl (C=O) groups excluding carboxylic acids is 2. The van der Waals surface area contributed by atoms with Gasteiger partial charge in [0.2, 0.25) is 0 Å². The molecule has 0 amide bonds. The Labute approximate surface area is 215 Å². The molecule has 4 rings (SSSR count). The van der Waals surface area contributed by atoms with Gasteiger partial charge < -0.3 is 14.9 Å². The molecule has 0 aliphatic heterocycles. The van der Waals surface area contributed by atoms with Crippen LogP contribution in [0.4, 0.5) is 0 Å². The van der Waals surface area contributed by atoms with Crippen molar-refractivity contribution in [1.82, 2.24) is 0 Å². The third-order valence-electron chi connectivity index (χ3n) is 10.9. The first-order chi connectivity index (χ1) is 16.5. The molecule has 0 aromatic heterocycles. The molecule has 10 atom stereocenters. The van der Waals surface area contributed by atoms with Crippen molar-refractivity contribution in [1.29, 1.82) is 0 Å². The summed E-state index contributed by atoms with van der Waals surface area (Å²) >= 11 is 1.51. The maximum atomic E-state index is 13.5. The Balaban J connectivity index is 1.63.